The summed E-state index contributed by atoms with van der Waals surface area (Å²) in [5.41, 5.74) is -1.17. The van der Waals surface area contributed by atoms with Gasteiger partial charge in [-0.2, -0.15) is 0 Å². The highest BCUT2D eigenvalue weighted by Gasteiger charge is 2.68. The number of nitrogens with one attached hydrogen (secondary N) is 1. The van der Waals surface area contributed by atoms with Gasteiger partial charge in [0.05, 0.1) is 12.0 Å². The summed E-state index contributed by atoms with van der Waals surface area (Å²) in [6.07, 6.45) is 7.47. The number of allylic oxidation sites excluding steroid dienone is 1. The van der Waals surface area contributed by atoms with Crippen molar-refractivity contribution >= 4 is 29.2 Å². The molecule has 5 aliphatic rings. The van der Waals surface area contributed by atoms with Gasteiger partial charge in [-0.25, -0.2) is 0 Å². The first-order valence-electron chi connectivity index (χ1n) is 18.3. The lowest BCUT2D eigenvalue weighted by Crippen LogP contribution is -2.61. The van der Waals surface area contributed by atoms with Crippen molar-refractivity contribution in [2.45, 2.75) is 121 Å². The number of carbonyl (C=O) groups excluding carboxylic acids is 5. The fraction of sp³-hybridized carbons (Fsp3) is 0.675. The third kappa shape index (κ3) is 6.46. The molecule has 4 fully saturated rings. The number of aliphatic hydroxyl groups is 1. The number of hydrogen-bond donors (Lipinski definition) is 2. The quantitative estimate of drug-likeness (QED) is 0.317. The molecule has 9 nitrogen and oxygen atoms in total. The number of Topliss-reactive ketones (excluding diaryl/α,β-unsaturated/α-hetero) is 2. The summed E-state index contributed by atoms with van der Waals surface area (Å²) in [6, 6.07) is 10.3. The summed E-state index contributed by atoms with van der Waals surface area (Å²) in [5, 5.41) is 14.9. The van der Waals surface area contributed by atoms with Gasteiger partial charge in [-0.3, -0.25) is 24.0 Å². The Kier molecular flexibility index (Phi) is 9.59. The molecule has 9 heteroatoms. The molecule has 1 amide bonds. The average molecular weight is 676 g/mol. The molecule has 0 bridgehead atoms. The Morgan fingerprint density at radius 1 is 0.980 bits per heavy atom. The van der Waals surface area contributed by atoms with Gasteiger partial charge < -0.3 is 19.9 Å². The smallest absolute Gasteiger partial charge is 0.306 e. The molecule has 1 aromatic carbocycles. The van der Waals surface area contributed by atoms with Crippen LogP contribution in [0, 0.1) is 28.6 Å². The predicted molar refractivity (Wildman–Crippen MR) is 182 cm³/mol. The average Bonchev–Trinajstić information content (AvgIpc) is 3.33. The minimum atomic E-state index is -1.77. The molecular formula is C40H53NO8. The molecule has 1 heterocycles. The van der Waals surface area contributed by atoms with Crippen LogP contribution in [-0.4, -0.2) is 65.3 Å². The van der Waals surface area contributed by atoms with Gasteiger partial charge >= 0.3 is 5.97 Å². The van der Waals surface area contributed by atoms with Crippen LogP contribution in [0.25, 0.3) is 0 Å². The first kappa shape index (κ1) is 35.6. The Morgan fingerprint density at radius 2 is 1.73 bits per heavy atom. The number of carbonyl (C=O) groups is 5. The fourth-order valence-electron chi connectivity index (χ4n) is 10.8. The first-order valence-corrected chi connectivity index (χ1v) is 18.3. The largest absolute Gasteiger partial charge is 0.458 e. The Hall–Kier alpha value is -3.17. The maximum absolute atomic E-state index is 13.9. The van der Waals surface area contributed by atoms with E-state index in [4.69, 9.17) is 9.47 Å². The van der Waals surface area contributed by atoms with E-state index in [1.807, 2.05) is 25.1 Å². The highest BCUT2D eigenvalue weighted by atomic mass is 16.5. The molecule has 4 aliphatic carbocycles. The third-order valence-electron chi connectivity index (χ3n) is 13.3. The van der Waals surface area contributed by atoms with Crippen LogP contribution >= 0.6 is 0 Å². The van der Waals surface area contributed by atoms with E-state index in [0.717, 1.165) is 37.7 Å². The van der Waals surface area contributed by atoms with Gasteiger partial charge in [0.1, 0.15) is 11.4 Å². The normalized spacial score (nSPS) is 36.5. The van der Waals surface area contributed by atoms with Gasteiger partial charge in [-0.15, -0.1) is 0 Å². The van der Waals surface area contributed by atoms with Crippen LogP contribution in [0.15, 0.2) is 42.0 Å². The maximum atomic E-state index is 13.9. The number of amides is 1. The van der Waals surface area contributed by atoms with Crippen LogP contribution in [-0.2, 0) is 38.9 Å². The Labute approximate surface area is 289 Å². The van der Waals surface area contributed by atoms with Gasteiger partial charge in [-0.05, 0) is 94.1 Å². The van der Waals surface area contributed by atoms with Crippen LogP contribution < -0.4 is 5.32 Å². The van der Waals surface area contributed by atoms with Crippen molar-refractivity contribution < 1.29 is 38.6 Å². The molecule has 0 unspecified atom stereocenters. The second kappa shape index (κ2) is 13.2. The number of fused-ring (bicyclic) bond motifs is 5. The van der Waals surface area contributed by atoms with Gasteiger partial charge in [-0.1, -0.05) is 49.8 Å². The molecule has 6 rings (SSSR count). The highest BCUT2D eigenvalue weighted by Crippen LogP contribution is 2.66. The predicted octanol–water partition coefficient (Wildman–Crippen LogP) is 5.35. The van der Waals surface area contributed by atoms with E-state index in [9.17, 15) is 29.1 Å². The Morgan fingerprint density at radius 3 is 2.47 bits per heavy atom. The summed E-state index contributed by atoms with van der Waals surface area (Å²) in [7, 11) is 0. The van der Waals surface area contributed by atoms with Crippen LogP contribution in [0.3, 0.4) is 0 Å². The summed E-state index contributed by atoms with van der Waals surface area (Å²) >= 11 is 0. The van der Waals surface area contributed by atoms with E-state index >= 15 is 0 Å². The fourth-order valence-corrected chi connectivity index (χ4v) is 10.8. The van der Waals surface area contributed by atoms with Crippen molar-refractivity contribution in [3.63, 3.8) is 0 Å². The molecule has 3 saturated carbocycles. The van der Waals surface area contributed by atoms with Crippen LogP contribution in [0.4, 0.5) is 0 Å². The number of ether oxygens (including phenoxy) is 2. The minimum absolute atomic E-state index is 0.0206. The zero-order valence-electron chi connectivity index (χ0n) is 29.6. The zero-order chi connectivity index (χ0) is 35.2. The lowest BCUT2D eigenvalue weighted by Gasteiger charge is -2.57. The molecule has 1 aliphatic heterocycles. The summed E-state index contributed by atoms with van der Waals surface area (Å²) in [5.74, 6) is -1.55. The van der Waals surface area contributed by atoms with E-state index < -0.39 is 29.4 Å². The van der Waals surface area contributed by atoms with Crippen molar-refractivity contribution in [2.24, 2.45) is 28.6 Å². The van der Waals surface area contributed by atoms with Gasteiger partial charge in [0.2, 0.25) is 11.7 Å². The highest BCUT2D eigenvalue weighted by molar-refractivity contribution is 5.95. The van der Waals surface area contributed by atoms with Crippen LogP contribution in [0.5, 0.6) is 0 Å². The molecule has 1 saturated heterocycles. The van der Waals surface area contributed by atoms with Crippen molar-refractivity contribution in [2.75, 3.05) is 19.8 Å². The lowest BCUT2D eigenvalue weighted by atomic mass is 9.46. The standard InChI is InChI=1S/C40H53NO8/c1-36(2)25-39(19-21-49-36,26-8-6-5-7-9-26)18-20-41-33(45)12-13-34(46)48-24-32(44)40(47)17-15-30-29-11-10-27-22-28(42)14-16-37(27,3)35(29)31(43)23-38(30,40)4/h5-9,22,29-30,35,47H,10-21,23-25H2,1-4H3,(H,41,45)/t29-,30+,35+,37-,38+,39+,40-/m0/s1. The molecule has 2 N–H and O–H groups in total. The van der Waals surface area contributed by atoms with E-state index in [0.29, 0.717) is 32.4 Å². The topological polar surface area (TPSA) is 136 Å². The monoisotopic (exact) mass is 675 g/mol. The van der Waals surface area contributed by atoms with Crippen molar-refractivity contribution in [1.82, 2.24) is 5.32 Å². The van der Waals surface area contributed by atoms with E-state index in [1.54, 1.807) is 6.08 Å². The summed E-state index contributed by atoms with van der Waals surface area (Å²) < 4.78 is 11.3. The molecule has 1 aromatic rings. The molecule has 7 atom stereocenters. The minimum Gasteiger partial charge on any atom is -0.458 e. The van der Waals surface area contributed by atoms with Gasteiger partial charge in [0, 0.05) is 49.2 Å². The van der Waals surface area contributed by atoms with Crippen LogP contribution in [0.1, 0.15) is 110 Å². The number of benzene rings is 1. The van der Waals surface area contributed by atoms with Crippen molar-refractivity contribution in [3.8, 4) is 0 Å². The third-order valence-corrected chi connectivity index (χ3v) is 13.3. The SMILES string of the molecule is CC1(C)C[C@](CCNC(=O)CCC(=O)OCC(=O)[C@@]2(O)CC[C@@H]3[C@@H]4CCC5=CC(=O)CC[C@]5(C)[C@H]4C(=O)C[C@]32C)(c2ccccc2)CCO1. The van der Waals surface area contributed by atoms with E-state index in [2.05, 4.69) is 38.2 Å². The molecule has 0 aromatic heterocycles. The van der Waals surface area contributed by atoms with Gasteiger partial charge in [0.25, 0.3) is 0 Å². The second-order valence-corrected chi connectivity index (χ2v) is 16.7. The lowest BCUT2D eigenvalue weighted by molar-refractivity contribution is -0.173. The first-order chi connectivity index (χ1) is 23.1. The van der Waals surface area contributed by atoms with Crippen molar-refractivity contribution in [3.05, 3.63) is 47.5 Å². The molecule has 49 heavy (non-hydrogen) atoms. The Balaban J connectivity index is 1.00. The number of ketones is 3. The maximum Gasteiger partial charge on any atom is 0.306 e. The van der Waals surface area contributed by atoms with Gasteiger partial charge in [0.15, 0.2) is 12.4 Å². The molecular weight excluding hydrogens is 622 g/mol. The Bertz CT molecular complexity index is 1530. The zero-order valence-corrected chi connectivity index (χ0v) is 29.6. The molecule has 266 valence electrons. The van der Waals surface area contributed by atoms with Crippen LogP contribution in [0.2, 0.25) is 0 Å². The summed E-state index contributed by atoms with van der Waals surface area (Å²) in [4.78, 5) is 65.0. The second-order valence-electron chi connectivity index (χ2n) is 16.7. The van der Waals surface area contributed by atoms with Crippen molar-refractivity contribution in [1.29, 1.82) is 0 Å². The number of hydrogen-bond acceptors (Lipinski definition) is 8. The summed E-state index contributed by atoms with van der Waals surface area (Å²) in [6.45, 7) is 8.67. The van der Waals surface area contributed by atoms with E-state index in [1.165, 1.54) is 5.56 Å². The molecule has 0 spiro atoms. The van der Waals surface area contributed by atoms with E-state index in [-0.39, 0.29) is 77.3 Å². The number of rotatable bonds is 10. The number of esters is 1. The molecule has 0 radical (unpaired) electrons.